The largest absolute Gasteiger partial charge is 0.364 e. The van der Waals surface area contributed by atoms with E-state index >= 15 is 0 Å². The van der Waals surface area contributed by atoms with E-state index in [2.05, 4.69) is 5.32 Å². The summed E-state index contributed by atoms with van der Waals surface area (Å²) in [4.78, 5) is 1.91. The lowest BCUT2D eigenvalue weighted by atomic mass is 10.1. The molecule has 2 aliphatic carbocycles. The third-order valence-corrected chi connectivity index (χ3v) is 4.64. The van der Waals surface area contributed by atoms with Gasteiger partial charge in [0.05, 0.1) is 0 Å². The molecule has 0 radical (unpaired) electrons. The van der Waals surface area contributed by atoms with Crippen molar-refractivity contribution in [2.24, 2.45) is 0 Å². The Hall–Kier alpha value is -1.16. The van der Waals surface area contributed by atoms with Crippen LogP contribution in [0.2, 0.25) is 0 Å². The lowest BCUT2D eigenvalue weighted by Crippen LogP contribution is -2.34. The molecule has 2 fully saturated rings. The first kappa shape index (κ1) is 14.8. The van der Waals surface area contributed by atoms with Gasteiger partial charge < -0.3 is 10.2 Å². The minimum atomic E-state index is -0.420. The molecule has 1 N–H and O–H groups in total. The number of nitrogens with one attached hydrogen (secondary N) is 1. The number of anilines is 1. The molecule has 116 valence electrons. The van der Waals surface area contributed by atoms with Crippen molar-refractivity contribution in [3.05, 3.63) is 29.3 Å². The number of rotatable bonds is 6. The summed E-state index contributed by atoms with van der Waals surface area (Å²) < 4.78 is 28.9. The van der Waals surface area contributed by atoms with Gasteiger partial charge >= 0.3 is 0 Å². The number of nitrogens with zero attached hydrogens (tertiary/aromatic N) is 1. The van der Waals surface area contributed by atoms with E-state index in [1.54, 1.807) is 0 Å². The Kier molecular flexibility index (Phi) is 4.43. The molecule has 1 aromatic rings. The SMILES string of the molecule is CCN(c1c(F)cc(CNC2CC2)cc1F)C1CCCC1. The van der Waals surface area contributed by atoms with Gasteiger partial charge in [-0.2, -0.15) is 0 Å². The summed E-state index contributed by atoms with van der Waals surface area (Å²) in [7, 11) is 0. The van der Waals surface area contributed by atoms with Crippen LogP contribution in [0.25, 0.3) is 0 Å². The summed E-state index contributed by atoms with van der Waals surface area (Å²) in [5.41, 5.74) is 0.864. The van der Waals surface area contributed by atoms with Crippen LogP contribution in [0.3, 0.4) is 0 Å². The number of benzene rings is 1. The fourth-order valence-corrected chi connectivity index (χ4v) is 3.36. The van der Waals surface area contributed by atoms with Gasteiger partial charge in [-0.1, -0.05) is 12.8 Å². The Morgan fingerprint density at radius 3 is 2.24 bits per heavy atom. The van der Waals surface area contributed by atoms with Crippen LogP contribution in [0.5, 0.6) is 0 Å². The molecule has 1 aromatic carbocycles. The van der Waals surface area contributed by atoms with E-state index < -0.39 is 11.6 Å². The lowest BCUT2D eigenvalue weighted by Gasteiger charge is -2.30. The fraction of sp³-hybridized carbons (Fsp3) is 0.647. The van der Waals surface area contributed by atoms with Crippen molar-refractivity contribution >= 4 is 5.69 Å². The zero-order valence-electron chi connectivity index (χ0n) is 12.7. The average molecular weight is 294 g/mol. The van der Waals surface area contributed by atoms with Gasteiger partial charge in [-0.05, 0) is 50.3 Å². The quantitative estimate of drug-likeness (QED) is 0.853. The maximum absolute atomic E-state index is 14.4. The molecule has 0 unspecified atom stereocenters. The molecule has 0 spiro atoms. The van der Waals surface area contributed by atoms with E-state index in [9.17, 15) is 8.78 Å². The van der Waals surface area contributed by atoms with E-state index in [0.717, 1.165) is 25.7 Å². The summed E-state index contributed by atoms with van der Waals surface area (Å²) in [5.74, 6) is -0.840. The number of hydrogen-bond donors (Lipinski definition) is 1. The van der Waals surface area contributed by atoms with Gasteiger partial charge in [-0.3, -0.25) is 0 Å². The van der Waals surface area contributed by atoms with Crippen molar-refractivity contribution in [3.63, 3.8) is 0 Å². The molecule has 2 saturated carbocycles. The molecule has 0 aliphatic heterocycles. The smallest absolute Gasteiger partial charge is 0.149 e. The van der Waals surface area contributed by atoms with E-state index in [0.29, 0.717) is 24.7 Å². The Bertz CT molecular complexity index is 471. The second-order valence-electron chi connectivity index (χ2n) is 6.29. The Balaban J connectivity index is 1.79. The Labute approximate surface area is 125 Å². The molecular formula is C17H24F2N2. The second kappa shape index (κ2) is 6.30. The van der Waals surface area contributed by atoms with Crippen molar-refractivity contribution in [2.45, 2.75) is 64.1 Å². The van der Waals surface area contributed by atoms with Gasteiger partial charge in [0.2, 0.25) is 0 Å². The number of hydrogen-bond acceptors (Lipinski definition) is 2. The predicted octanol–water partition coefficient (Wildman–Crippen LogP) is 3.99. The van der Waals surface area contributed by atoms with Crippen LogP contribution in [0, 0.1) is 11.6 Å². The van der Waals surface area contributed by atoms with Gasteiger partial charge in [0, 0.05) is 25.2 Å². The molecule has 3 rings (SSSR count). The Morgan fingerprint density at radius 2 is 1.71 bits per heavy atom. The summed E-state index contributed by atoms with van der Waals surface area (Å²) in [5, 5.41) is 3.30. The molecule has 2 aliphatic rings. The van der Waals surface area contributed by atoms with Crippen LogP contribution in [0.15, 0.2) is 12.1 Å². The van der Waals surface area contributed by atoms with Crippen LogP contribution in [-0.4, -0.2) is 18.6 Å². The summed E-state index contributed by atoms with van der Waals surface area (Å²) >= 11 is 0. The lowest BCUT2D eigenvalue weighted by molar-refractivity contribution is 0.537. The minimum Gasteiger partial charge on any atom is -0.364 e. The van der Waals surface area contributed by atoms with E-state index in [4.69, 9.17) is 0 Å². The number of halogens is 2. The highest BCUT2D eigenvalue weighted by molar-refractivity contribution is 5.51. The molecule has 21 heavy (non-hydrogen) atoms. The molecule has 0 bridgehead atoms. The molecule has 0 amide bonds. The first-order valence-corrected chi connectivity index (χ1v) is 8.17. The third kappa shape index (κ3) is 3.37. The zero-order chi connectivity index (χ0) is 14.8. The van der Waals surface area contributed by atoms with Crippen molar-refractivity contribution in [1.29, 1.82) is 0 Å². The molecule has 4 heteroatoms. The summed E-state index contributed by atoms with van der Waals surface area (Å²) in [6.07, 6.45) is 6.75. The van der Waals surface area contributed by atoms with Crippen LogP contribution < -0.4 is 10.2 Å². The van der Waals surface area contributed by atoms with Gasteiger partial charge in [0.15, 0.2) is 0 Å². The average Bonchev–Trinajstić information content (AvgIpc) is 3.14. The van der Waals surface area contributed by atoms with Crippen LogP contribution >= 0.6 is 0 Å². The molecule has 0 heterocycles. The summed E-state index contributed by atoms with van der Waals surface area (Å²) in [6.45, 7) is 3.17. The summed E-state index contributed by atoms with van der Waals surface area (Å²) in [6, 6.07) is 3.81. The van der Waals surface area contributed by atoms with E-state index in [1.165, 1.54) is 25.0 Å². The third-order valence-electron chi connectivity index (χ3n) is 4.64. The topological polar surface area (TPSA) is 15.3 Å². The molecule has 0 saturated heterocycles. The van der Waals surface area contributed by atoms with Crippen molar-refractivity contribution in [1.82, 2.24) is 5.32 Å². The van der Waals surface area contributed by atoms with Crippen LogP contribution in [0.1, 0.15) is 51.0 Å². The fourth-order valence-electron chi connectivity index (χ4n) is 3.36. The predicted molar refractivity (Wildman–Crippen MR) is 81.5 cm³/mol. The molecule has 2 nitrogen and oxygen atoms in total. The first-order chi connectivity index (χ1) is 10.2. The van der Waals surface area contributed by atoms with Gasteiger partial charge in [0.1, 0.15) is 17.3 Å². The highest BCUT2D eigenvalue weighted by Gasteiger charge is 2.27. The molecular weight excluding hydrogens is 270 g/mol. The van der Waals surface area contributed by atoms with Crippen molar-refractivity contribution < 1.29 is 8.78 Å². The highest BCUT2D eigenvalue weighted by Crippen LogP contribution is 2.32. The van der Waals surface area contributed by atoms with E-state index in [1.807, 2.05) is 11.8 Å². The zero-order valence-corrected chi connectivity index (χ0v) is 12.7. The highest BCUT2D eigenvalue weighted by atomic mass is 19.1. The van der Waals surface area contributed by atoms with E-state index in [-0.39, 0.29) is 11.7 Å². The van der Waals surface area contributed by atoms with Crippen molar-refractivity contribution in [3.8, 4) is 0 Å². The molecule has 0 atom stereocenters. The first-order valence-electron chi connectivity index (χ1n) is 8.17. The normalized spacial score (nSPS) is 19.2. The minimum absolute atomic E-state index is 0.166. The second-order valence-corrected chi connectivity index (χ2v) is 6.29. The van der Waals surface area contributed by atoms with Crippen LogP contribution in [-0.2, 0) is 6.54 Å². The van der Waals surface area contributed by atoms with Gasteiger partial charge in [-0.15, -0.1) is 0 Å². The maximum atomic E-state index is 14.4. The van der Waals surface area contributed by atoms with Gasteiger partial charge in [-0.25, -0.2) is 8.78 Å². The van der Waals surface area contributed by atoms with Crippen molar-refractivity contribution in [2.75, 3.05) is 11.4 Å². The Morgan fingerprint density at radius 1 is 1.10 bits per heavy atom. The monoisotopic (exact) mass is 294 g/mol. The standard InChI is InChI=1S/C17H24F2N2/c1-2-21(14-5-3-4-6-14)17-15(18)9-12(10-16(17)19)11-20-13-7-8-13/h9-10,13-14,20H,2-8,11H2,1H3. The van der Waals surface area contributed by atoms with Gasteiger partial charge in [0.25, 0.3) is 0 Å². The molecule has 0 aromatic heterocycles. The van der Waals surface area contributed by atoms with Crippen LogP contribution in [0.4, 0.5) is 14.5 Å². The maximum Gasteiger partial charge on any atom is 0.149 e.